The molecule has 0 saturated heterocycles. The Morgan fingerprint density at radius 3 is 2.71 bits per heavy atom. The molecule has 0 bridgehead atoms. The van der Waals surface area contributed by atoms with Gasteiger partial charge in [-0.1, -0.05) is 36.7 Å². The van der Waals surface area contributed by atoms with E-state index < -0.39 is 0 Å². The Morgan fingerprint density at radius 1 is 1.24 bits per heavy atom. The zero-order valence-electron chi connectivity index (χ0n) is 12.2. The van der Waals surface area contributed by atoms with E-state index in [1.54, 1.807) is 12.1 Å². The number of hydrogen-bond donors (Lipinski definition) is 1. The van der Waals surface area contributed by atoms with Crippen molar-refractivity contribution in [1.29, 1.82) is 0 Å². The summed E-state index contributed by atoms with van der Waals surface area (Å²) in [4.78, 5) is 0. The van der Waals surface area contributed by atoms with Crippen LogP contribution in [-0.4, -0.2) is 6.54 Å². The highest BCUT2D eigenvalue weighted by Gasteiger charge is 2.09. The monoisotopic (exact) mass is 307 g/mol. The van der Waals surface area contributed by atoms with Crippen molar-refractivity contribution in [1.82, 2.24) is 5.32 Å². The molecule has 0 heterocycles. The third kappa shape index (κ3) is 4.19. The van der Waals surface area contributed by atoms with E-state index >= 15 is 0 Å². The molecule has 2 aromatic carbocycles. The van der Waals surface area contributed by atoms with E-state index in [0.717, 1.165) is 12.1 Å². The summed E-state index contributed by atoms with van der Waals surface area (Å²) >= 11 is 5.99. The number of ether oxygens (including phenoxy) is 1. The zero-order chi connectivity index (χ0) is 15.2. The summed E-state index contributed by atoms with van der Waals surface area (Å²) in [5.41, 5.74) is 1.51. The van der Waals surface area contributed by atoms with Crippen molar-refractivity contribution in [2.45, 2.75) is 26.5 Å². The second kappa shape index (κ2) is 7.43. The van der Waals surface area contributed by atoms with Gasteiger partial charge in [0.05, 0.1) is 5.02 Å². The summed E-state index contributed by atoms with van der Waals surface area (Å²) in [7, 11) is 0. The molecule has 0 spiro atoms. The first-order valence-corrected chi connectivity index (χ1v) is 7.38. The van der Waals surface area contributed by atoms with Crippen molar-refractivity contribution in [2.24, 2.45) is 0 Å². The van der Waals surface area contributed by atoms with E-state index in [9.17, 15) is 4.39 Å². The molecule has 0 amide bonds. The van der Waals surface area contributed by atoms with Crippen molar-refractivity contribution >= 4 is 11.6 Å². The predicted octanol–water partition coefficient (Wildman–Crippen LogP) is 4.73. The maximum atomic E-state index is 13.7. The lowest BCUT2D eigenvalue weighted by Gasteiger charge is -2.14. The minimum Gasteiger partial charge on any atom is -0.489 e. The third-order valence-corrected chi connectivity index (χ3v) is 3.67. The van der Waals surface area contributed by atoms with E-state index in [1.165, 1.54) is 6.07 Å². The van der Waals surface area contributed by atoms with Crippen LogP contribution in [0.5, 0.6) is 5.75 Å². The molecule has 112 valence electrons. The smallest absolute Gasteiger partial charge is 0.131 e. The first-order chi connectivity index (χ1) is 10.1. The van der Waals surface area contributed by atoms with Crippen molar-refractivity contribution in [3.63, 3.8) is 0 Å². The molecule has 2 aromatic rings. The molecule has 1 unspecified atom stereocenters. The summed E-state index contributed by atoms with van der Waals surface area (Å²) in [6.45, 7) is 5.18. The van der Waals surface area contributed by atoms with Crippen LogP contribution in [0.1, 0.15) is 31.0 Å². The Morgan fingerprint density at radius 2 is 2.00 bits per heavy atom. The van der Waals surface area contributed by atoms with Crippen LogP contribution < -0.4 is 10.1 Å². The first-order valence-electron chi connectivity index (χ1n) is 7.01. The molecule has 1 N–H and O–H groups in total. The molecule has 0 aliphatic rings. The lowest BCUT2D eigenvalue weighted by atomic mass is 10.1. The van der Waals surface area contributed by atoms with E-state index in [0.29, 0.717) is 16.3 Å². The molecule has 2 rings (SSSR count). The van der Waals surface area contributed by atoms with Gasteiger partial charge in [0.15, 0.2) is 0 Å². The van der Waals surface area contributed by atoms with Crippen LogP contribution in [0.4, 0.5) is 4.39 Å². The molecule has 0 radical (unpaired) electrons. The van der Waals surface area contributed by atoms with Crippen molar-refractivity contribution in [2.75, 3.05) is 6.54 Å². The van der Waals surface area contributed by atoms with E-state index in [2.05, 4.69) is 19.2 Å². The van der Waals surface area contributed by atoms with Gasteiger partial charge in [-0.25, -0.2) is 4.39 Å². The molecule has 0 fully saturated rings. The summed E-state index contributed by atoms with van der Waals surface area (Å²) in [5, 5.41) is 3.73. The Bertz CT molecular complexity index is 583. The molecule has 21 heavy (non-hydrogen) atoms. The second-order valence-corrected chi connectivity index (χ2v) is 5.25. The van der Waals surface area contributed by atoms with Gasteiger partial charge in [-0.15, -0.1) is 0 Å². The van der Waals surface area contributed by atoms with Crippen LogP contribution in [0, 0.1) is 5.82 Å². The van der Waals surface area contributed by atoms with Crippen LogP contribution in [-0.2, 0) is 6.61 Å². The Hall–Kier alpha value is -1.58. The summed E-state index contributed by atoms with van der Waals surface area (Å²) in [6, 6.07) is 12.7. The normalized spacial score (nSPS) is 12.2. The quantitative estimate of drug-likeness (QED) is 0.833. The molecule has 2 nitrogen and oxygen atoms in total. The van der Waals surface area contributed by atoms with Crippen molar-refractivity contribution < 1.29 is 9.13 Å². The van der Waals surface area contributed by atoms with Crippen molar-refractivity contribution in [3.8, 4) is 5.75 Å². The fraction of sp³-hybridized carbons (Fsp3) is 0.294. The van der Waals surface area contributed by atoms with Gasteiger partial charge in [0, 0.05) is 11.6 Å². The maximum Gasteiger partial charge on any atom is 0.131 e. The average Bonchev–Trinajstić information content (AvgIpc) is 2.47. The standard InChI is InChI=1S/C17H19ClFNO/c1-3-20-12(2)13-6-4-7-14(10-13)21-11-15-16(18)8-5-9-17(15)19/h4-10,12,20H,3,11H2,1-2H3. The lowest BCUT2D eigenvalue weighted by Crippen LogP contribution is -2.17. The Balaban J connectivity index is 2.08. The number of rotatable bonds is 6. The minimum atomic E-state index is -0.348. The highest BCUT2D eigenvalue weighted by molar-refractivity contribution is 6.31. The Labute approximate surface area is 129 Å². The molecule has 0 aliphatic carbocycles. The maximum absolute atomic E-state index is 13.7. The van der Waals surface area contributed by atoms with Gasteiger partial charge in [-0.05, 0) is 43.3 Å². The van der Waals surface area contributed by atoms with E-state index in [-0.39, 0.29) is 18.5 Å². The van der Waals surface area contributed by atoms with Crippen LogP contribution in [0.25, 0.3) is 0 Å². The molecule has 0 aliphatic heterocycles. The minimum absolute atomic E-state index is 0.116. The SMILES string of the molecule is CCNC(C)c1cccc(OCc2c(F)cccc2Cl)c1. The van der Waals surface area contributed by atoms with Gasteiger partial charge in [0.25, 0.3) is 0 Å². The third-order valence-electron chi connectivity index (χ3n) is 3.31. The highest BCUT2D eigenvalue weighted by Crippen LogP contribution is 2.23. The summed E-state index contributed by atoms with van der Waals surface area (Å²) in [5.74, 6) is 0.358. The largest absolute Gasteiger partial charge is 0.489 e. The van der Waals surface area contributed by atoms with Gasteiger partial charge in [-0.2, -0.15) is 0 Å². The molecule has 0 saturated carbocycles. The van der Waals surface area contributed by atoms with Crippen LogP contribution in [0.2, 0.25) is 5.02 Å². The molecular formula is C17H19ClFNO. The van der Waals surface area contributed by atoms with Crippen molar-refractivity contribution in [3.05, 3.63) is 64.4 Å². The van der Waals surface area contributed by atoms with Gasteiger partial charge in [-0.3, -0.25) is 0 Å². The van der Waals surface area contributed by atoms with Gasteiger partial charge < -0.3 is 10.1 Å². The fourth-order valence-electron chi connectivity index (χ4n) is 2.12. The number of benzene rings is 2. The number of hydrogen-bond acceptors (Lipinski definition) is 2. The van der Waals surface area contributed by atoms with Gasteiger partial charge >= 0.3 is 0 Å². The lowest BCUT2D eigenvalue weighted by molar-refractivity contribution is 0.299. The summed E-state index contributed by atoms with van der Waals surface area (Å²) in [6.07, 6.45) is 0. The topological polar surface area (TPSA) is 21.3 Å². The fourth-order valence-corrected chi connectivity index (χ4v) is 2.34. The Kier molecular flexibility index (Phi) is 5.59. The molecular weight excluding hydrogens is 289 g/mol. The van der Waals surface area contributed by atoms with Gasteiger partial charge in [0.2, 0.25) is 0 Å². The van der Waals surface area contributed by atoms with Crippen LogP contribution in [0.15, 0.2) is 42.5 Å². The first kappa shape index (κ1) is 15.8. The van der Waals surface area contributed by atoms with Crippen LogP contribution >= 0.6 is 11.6 Å². The number of halogens is 2. The van der Waals surface area contributed by atoms with E-state index in [1.807, 2.05) is 24.3 Å². The zero-order valence-corrected chi connectivity index (χ0v) is 13.0. The molecule has 4 heteroatoms. The molecule has 0 aromatic heterocycles. The summed E-state index contributed by atoms with van der Waals surface area (Å²) < 4.78 is 19.4. The van der Waals surface area contributed by atoms with E-state index in [4.69, 9.17) is 16.3 Å². The second-order valence-electron chi connectivity index (χ2n) is 4.84. The predicted molar refractivity (Wildman–Crippen MR) is 84.3 cm³/mol. The average molecular weight is 308 g/mol. The van der Waals surface area contributed by atoms with Gasteiger partial charge in [0.1, 0.15) is 18.2 Å². The van der Waals surface area contributed by atoms with Crippen LogP contribution in [0.3, 0.4) is 0 Å². The number of nitrogens with one attached hydrogen (secondary N) is 1. The highest BCUT2D eigenvalue weighted by atomic mass is 35.5. The molecule has 1 atom stereocenters.